The van der Waals surface area contributed by atoms with Crippen molar-refractivity contribution in [3.8, 4) is 0 Å². The van der Waals surface area contributed by atoms with Crippen LogP contribution in [0.15, 0.2) is 66.3 Å². The summed E-state index contributed by atoms with van der Waals surface area (Å²) < 4.78 is 4.05. The zero-order valence-corrected chi connectivity index (χ0v) is 17.4. The largest absolute Gasteiger partial charge is 0.347 e. The highest BCUT2D eigenvalue weighted by atomic mass is 32.1. The second-order valence-electron chi connectivity index (χ2n) is 7.53. The molecule has 0 spiro atoms. The van der Waals surface area contributed by atoms with E-state index < -0.39 is 0 Å². The normalized spacial score (nSPS) is 17.3. The molecule has 6 nitrogen and oxygen atoms in total. The van der Waals surface area contributed by atoms with Crippen LogP contribution in [0.2, 0.25) is 0 Å². The number of aromatic nitrogens is 2. The summed E-state index contributed by atoms with van der Waals surface area (Å²) in [6, 6.07) is 15.2. The van der Waals surface area contributed by atoms with Crippen molar-refractivity contribution in [2.24, 2.45) is 5.92 Å². The van der Waals surface area contributed by atoms with Crippen LogP contribution in [0.3, 0.4) is 0 Å². The monoisotopic (exact) mass is 420 g/mol. The number of nitrogens with one attached hydrogen (secondary N) is 1. The molecule has 0 radical (unpaired) electrons. The number of pyridine rings is 1. The van der Waals surface area contributed by atoms with Gasteiger partial charge in [0.1, 0.15) is 0 Å². The first-order valence-electron chi connectivity index (χ1n) is 10.1. The van der Waals surface area contributed by atoms with Gasteiger partial charge in [-0.2, -0.15) is 0 Å². The molecule has 2 aromatic heterocycles. The van der Waals surface area contributed by atoms with Gasteiger partial charge in [0.15, 0.2) is 0 Å². The highest BCUT2D eigenvalue weighted by Gasteiger charge is 2.32. The Morgan fingerprint density at radius 1 is 1.17 bits per heavy atom. The van der Waals surface area contributed by atoms with Crippen LogP contribution in [0.1, 0.15) is 40.5 Å². The van der Waals surface area contributed by atoms with Crippen molar-refractivity contribution < 1.29 is 9.59 Å². The molecule has 154 valence electrons. The minimum atomic E-state index is -0.237. The maximum absolute atomic E-state index is 12.8. The number of rotatable bonds is 6. The van der Waals surface area contributed by atoms with E-state index in [-0.39, 0.29) is 23.8 Å². The van der Waals surface area contributed by atoms with Crippen LogP contribution in [0.25, 0.3) is 0 Å². The first-order valence-corrected chi connectivity index (χ1v) is 11.0. The molecule has 0 saturated carbocycles. The molecule has 0 unspecified atom stereocenters. The SMILES string of the molecule is O=C(Cc1ccccc1)N[C@@H](c1ccccn1)[C@@H]1CCCN(C(=O)c2cnsc2)C1. The van der Waals surface area contributed by atoms with E-state index in [0.717, 1.165) is 30.6 Å². The lowest BCUT2D eigenvalue weighted by molar-refractivity contribution is -0.121. The number of carbonyl (C=O) groups is 2. The van der Waals surface area contributed by atoms with E-state index in [9.17, 15) is 9.59 Å². The van der Waals surface area contributed by atoms with Gasteiger partial charge in [0, 0.05) is 30.6 Å². The van der Waals surface area contributed by atoms with Crippen LogP contribution in [0.5, 0.6) is 0 Å². The number of benzene rings is 1. The molecule has 4 rings (SSSR count). The first kappa shape index (κ1) is 20.2. The summed E-state index contributed by atoms with van der Waals surface area (Å²) in [5, 5.41) is 4.98. The molecule has 2 amide bonds. The molecule has 1 aliphatic rings. The molecule has 0 bridgehead atoms. The second-order valence-corrected chi connectivity index (χ2v) is 8.19. The molecule has 2 atom stereocenters. The summed E-state index contributed by atoms with van der Waals surface area (Å²) in [6.07, 6.45) is 5.51. The number of hydrogen-bond donors (Lipinski definition) is 1. The average molecular weight is 421 g/mol. The zero-order chi connectivity index (χ0) is 20.8. The van der Waals surface area contributed by atoms with Crippen molar-refractivity contribution in [3.63, 3.8) is 0 Å². The Hall–Kier alpha value is -3.06. The number of nitrogens with zero attached hydrogens (tertiary/aromatic N) is 3. The number of piperidine rings is 1. The average Bonchev–Trinajstić information content (AvgIpc) is 3.33. The van der Waals surface area contributed by atoms with Crippen LogP contribution >= 0.6 is 11.5 Å². The van der Waals surface area contributed by atoms with Gasteiger partial charge >= 0.3 is 0 Å². The van der Waals surface area contributed by atoms with Crippen LogP contribution in [0, 0.1) is 5.92 Å². The van der Waals surface area contributed by atoms with Crippen LogP contribution in [-0.2, 0) is 11.2 Å². The van der Waals surface area contributed by atoms with Crippen molar-refractivity contribution in [2.75, 3.05) is 13.1 Å². The highest BCUT2D eigenvalue weighted by Crippen LogP contribution is 2.30. The van der Waals surface area contributed by atoms with Crippen molar-refractivity contribution >= 4 is 23.3 Å². The minimum Gasteiger partial charge on any atom is -0.347 e. The molecule has 1 saturated heterocycles. The summed E-state index contributed by atoms with van der Waals surface area (Å²) in [7, 11) is 0. The molecule has 3 aromatic rings. The van der Waals surface area contributed by atoms with Gasteiger partial charge in [-0.1, -0.05) is 36.4 Å². The summed E-state index contributed by atoms with van der Waals surface area (Å²) >= 11 is 1.28. The van der Waals surface area contributed by atoms with Crippen molar-refractivity contribution in [1.29, 1.82) is 0 Å². The van der Waals surface area contributed by atoms with E-state index in [0.29, 0.717) is 18.5 Å². The summed E-state index contributed by atoms with van der Waals surface area (Å²) in [4.78, 5) is 32.0. The molecule has 30 heavy (non-hydrogen) atoms. The fourth-order valence-corrected chi connectivity index (χ4v) is 4.47. The maximum atomic E-state index is 12.8. The molecule has 0 aliphatic carbocycles. The number of likely N-dealkylation sites (tertiary alicyclic amines) is 1. The fraction of sp³-hybridized carbons (Fsp3) is 0.304. The van der Waals surface area contributed by atoms with Crippen LogP contribution in [0.4, 0.5) is 0 Å². The zero-order valence-electron chi connectivity index (χ0n) is 16.6. The lowest BCUT2D eigenvalue weighted by Crippen LogP contribution is -2.45. The van der Waals surface area contributed by atoms with Crippen molar-refractivity contribution in [3.05, 3.63) is 83.1 Å². The minimum absolute atomic E-state index is 0.00355. The van der Waals surface area contributed by atoms with Crippen LogP contribution < -0.4 is 5.32 Å². The maximum Gasteiger partial charge on any atom is 0.256 e. The molecular weight excluding hydrogens is 396 g/mol. The van der Waals surface area contributed by atoms with E-state index in [2.05, 4.69) is 14.7 Å². The van der Waals surface area contributed by atoms with Gasteiger partial charge in [-0.05, 0) is 42.1 Å². The Balaban J connectivity index is 1.50. The summed E-state index contributed by atoms with van der Waals surface area (Å²) in [6.45, 7) is 1.31. The lowest BCUT2D eigenvalue weighted by Gasteiger charge is -2.37. The quantitative estimate of drug-likeness (QED) is 0.662. The first-order chi connectivity index (χ1) is 14.7. The van der Waals surface area contributed by atoms with Gasteiger partial charge in [-0.3, -0.25) is 14.6 Å². The number of hydrogen-bond acceptors (Lipinski definition) is 5. The summed E-state index contributed by atoms with van der Waals surface area (Å²) in [5.74, 6) is 0.0649. The van der Waals surface area contributed by atoms with Gasteiger partial charge in [0.25, 0.3) is 5.91 Å². The number of amides is 2. The predicted octanol–water partition coefficient (Wildman–Crippen LogP) is 3.49. The topological polar surface area (TPSA) is 75.2 Å². The van der Waals surface area contributed by atoms with E-state index >= 15 is 0 Å². The molecule has 1 aliphatic heterocycles. The Kier molecular flexibility index (Phi) is 6.49. The Labute approximate surface area is 180 Å². The van der Waals surface area contributed by atoms with E-state index in [4.69, 9.17) is 0 Å². The Morgan fingerprint density at radius 2 is 2.00 bits per heavy atom. The molecule has 3 heterocycles. The van der Waals surface area contributed by atoms with E-state index in [1.165, 1.54) is 11.5 Å². The second kappa shape index (κ2) is 9.63. The third-order valence-electron chi connectivity index (χ3n) is 5.43. The Bertz CT molecular complexity index is 963. The molecular formula is C23H24N4O2S. The van der Waals surface area contributed by atoms with Gasteiger partial charge in [0.2, 0.25) is 5.91 Å². The highest BCUT2D eigenvalue weighted by molar-refractivity contribution is 7.03. The molecule has 1 fully saturated rings. The predicted molar refractivity (Wildman–Crippen MR) is 116 cm³/mol. The molecule has 1 N–H and O–H groups in total. The smallest absolute Gasteiger partial charge is 0.256 e. The molecule has 1 aromatic carbocycles. The number of carbonyl (C=O) groups excluding carboxylic acids is 2. The molecule has 7 heteroatoms. The van der Waals surface area contributed by atoms with Gasteiger partial charge in [-0.15, -0.1) is 0 Å². The summed E-state index contributed by atoms with van der Waals surface area (Å²) in [5.41, 5.74) is 2.43. The lowest BCUT2D eigenvalue weighted by atomic mass is 9.88. The van der Waals surface area contributed by atoms with Crippen LogP contribution in [-0.4, -0.2) is 39.2 Å². The van der Waals surface area contributed by atoms with E-state index in [1.54, 1.807) is 17.8 Å². The van der Waals surface area contributed by atoms with Gasteiger partial charge < -0.3 is 10.2 Å². The third kappa shape index (κ3) is 4.91. The van der Waals surface area contributed by atoms with Crippen molar-refractivity contribution in [1.82, 2.24) is 19.6 Å². The third-order valence-corrected chi connectivity index (χ3v) is 6.01. The van der Waals surface area contributed by atoms with Crippen molar-refractivity contribution in [2.45, 2.75) is 25.3 Å². The standard InChI is InChI=1S/C23H24N4O2S/c28-21(13-17-7-2-1-3-8-17)26-22(20-10-4-5-11-24-20)18-9-6-12-27(15-18)23(29)19-14-25-30-16-19/h1-5,7-8,10-11,14,16,18,22H,6,9,12-13,15H2,(H,26,28)/t18-,22-/m1/s1. The fourth-order valence-electron chi connectivity index (χ4n) is 3.96. The Morgan fingerprint density at radius 3 is 2.73 bits per heavy atom. The van der Waals surface area contributed by atoms with Gasteiger partial charge in [-0.25, -0.2) is 4.37 Å². The van der Waals surface area contributed by atoms with E-state index in [1.807, 2.05) is 53.4 Å². The van der Waals surface area contributed by atoms with Gasteiger partial charge in [0.05, 0.1) is 29.9 Å².